The van der Waals surface area contributed by atoms with E-state index in [2.05, 4.69) is 29.6 Å². The molecule has 0 radical (unpaired) electrons. The SMILES string of the molecule is O=C(NCC1(c2ccccc2)CCC1)C1CCN(S(=O)(=O)c2ccc3c(c2)CCCC3)CC1. The maximum atomic E-state index is 13.2. The molecule has 0 bridgehead atoms. The molecule has 5 nitrogen and oxygen atoms in total. The Hall–Kier alpha value is -2.18. The predicted octanol–water partition coefficient (Wildman–Crippen LogP) is 4.20. The van der Waals surface area contributed by atoms with Gasteiger partial charge in [0.15, 0.2) is 0 Å². The fraction of sp³-hybridized carbons (Fsp3) is 0.519. The quantitative estimate of drug-likeness (QED) is 0.694. The van der Waals surface area contributed by atoms with E-state index < -0.39 is 10.0 Å². The number of piperidine rings is 1. The molecule has 33 heavy (non-hydrogen) atoms. The van der Waals surface area contributed by atoms with Crippen LogP contribution in [0.3, 0.4) is 0 Å². The van der Waals surface area contributed by atoms with Crippen LogP contribution in [0.2, 0.25) is 0 Å². The molecule has 1 aliphatic heterocycles. The maximum absolute atomic E-state index is 13.2. The first-order valence-electron chi connectivity index (χ1n) is 12.4. The molecule has 1 amide bonds. The molecule has 5 rings (SSSR count). The van der Waals surface area contributed by atoms with Crippen molar-refractivity contribution in [3.63, 3.8) is 0 Å². The number of carbonyl (C=O) groups is 1. The summed E-state index contributed by atoms with van der Waals surface area (Å²) in [4.78, 5) is 13.3. The maximum Gasteiger partial charge on any atom is 0.243 e. The molecule has 1 saturated heterocycles. The number of aryl methyl sites for hydroxylation is 2. The number of sulfonamides is 1. The largest absolute Gasteiger partial charge is 0.355 e. The molecule has 2 aliphatic carbocycles. The number of amides is 1. The molecule has 0 unspecified atom stereocenters. The van der Waals surface area contributed by atoms with E-state index in [-0.39, 0.29) is 17.2 Å². The van der Waals surface area contributed by atoms with Crippen LogP contribution in [0.4, 0.5) is 0 Å². The number of fused-ring (bicyclic) bond motifs is 1. The van der Waals surface area contributed by atoms with E-state index >= 15 is 0 Å². The Bertz CT molecular complexity index is 1100. The van der Waals surface area contributed by atoms with Crippen molar-refractivity contribution in [2.75, 3.05) is 19.6 Å². The van der Waals surface area contributed by atoms with Crippen molar-refractivity contribution in [1.29, 1.82) is 0 Å². The zero-order valence-electron chi connectivity index (χ0n) is 19.3. The third kappa shape index (κ3) is 4.47. The van der Waals surface area contributed by atoms with E-state index in [1.165, 1.54) is 29.5 Å². The van der Waals surface area contributed by atoms with Crippen LogP contribution in [0, 0.1) is 5.92 Å². The second kappa shape index (κ2) is 9.22. The topological polar surface area (TPSA) is 66.5 Å². The minimum atomic E-state index is -3.51. The predicted molar refractivity (Wildman–Crippen MR) is 130 cm³/mol. The van der Waals surface area contributed by atoms with Gasteiger partial charge >= 0.3 is 0 Å². The van der Waals surface area contributed by atoms with Gasteiger partial charge in [0.1, 0.15) is 0 Å². The minimum absolute atomic E-state index is 0.0629. The first-order chi connectivity index (χ1) is 16.0. The van der Waals surface area contributed by atoms with Gasteiger partial charge in [-0.25, -0.2) is 8.42 Å². The summed E-state index contributed by atoms with van der Waals surface area (Å²) in [5.41, 5.74) is 3.84. The molecule has 1 heterocycles. The average Bonchev–Trinajstić information content (AvgIpc) is 2.83. The molecule has 2 fully saturated rings. The molecule has 1 saturated carbocycles. The van der Waals surface area contributed by atoms with E-state index in [1.54, 1.807) is 10.4 Å². The summed E-state index contributed by atoms with van der Waals surface area (Å²) in [6, 6.07) is 16.1. The fourth-order valence-electron chi connectivity index (χ4n) is 5.74. The first kappa shape index (κ1) is 22.6. The minimum Gasteiger partial charge on any atom is -0.355 e. The van der Waals surface area contributed by atoms with Gasteiger partial charge in [-0.15, -0.1) is 0 Å². The fourth-order valence-corrected chi connectivity index (χ4v) is 7.26. The lowest BCUT2D eigenvalue weighted by Crippen LogP contribution is -2.48. The van der Waals surface area contributed by atoms with E-state index in [0.29, 0.717) is 37.4 Å². The van der Waals surface area contributed by atoms with Crippen molar-refractivity contribution in [3.8, 4) is 0 Å². The van der Waals surface area contributed by atoms with Gasteiger partial charge in [0.25, 0.3) is 0 Å². The van der Waals surface area contributed by atoms with Crippen LogP contribution >= 0.6 is 0 Å². The third-order valence-electron chi connectivity index (χ3n) is 8.08. The Morgan fingerprint density at radius 1 is 0.939 bits per heavy atom. The summed E-state index contributed by atoms with van der Waals surface area (Å²) in [6.45, 7) is 1.48. The lowest BCUT2D eigenvalue weighted by Gasteiger charge is -2.43. The van der Waals surface area contributed by atoms with E-state index in [4.69, 9.17) is 0 Å². The van der Waals surface area contributed by atoms with Gasteiger partial charge in [0.05, 0.1) is 4.90 Å². The normalized spacial score (nSPS) is 21.1. The molecular formula is C27H34N2O3S. The molecule has 176 valence electrons. The van der Waals surface area contributed by atoms with Gasteiger partial charge in [-0.3, -0.25) is 4.79 Å². The van der Waals surface area contributed by atoms with Crippen LogP contribution in [0.1, 0.15) is 61.6 Å². The number of benzene rings is 2. The van der Waals surface area contributed by atoms with Crippen molar-refractivity contribution in [2.45, 2.75) is 68.1 Å². The van der Waals surface area contributed by atoms with Crippen LogP contribution in [-0.2, 0) is 33.1 Å². The lowest BCUT2D eigenvalue weighted by atomic mass is 9.64. The molecule has 2 aromatic rings. The van der Waals surface area contributed by atoms with Gasteiger partial charge < -0.3 is 5.32 Å². The van der Waals surface area contributed by atoms with Crippen LogP contribution in [0.5, 0.6) is 0 Å². The van der Waals surface area contributed by atoms with Crippen molar-refractivity contribution in [3.05, 3.63) is 65.2 Å². The highest BCUT2D eigenvalue weighted by molar-refractivity contribution is 7.89. The van der Waals surface area contributed by atoms with E-state index in [0.717, 1.165) is 32.1 Å². The Kier molecular flexibility index (Phi) is 6.32. The summed E-state index contributed by atoms with van der Waals surface area (Å²) < 4.78 is 28.0. The van der Waals surface area contributed by atoms with Crippen molar-refractivity contribution in [1.82, 2.24) is 9.62 Å². The average molecular weight is 467 g/mol. The molecule has 1 N–H and O–H groups in total. The van der Waals surface area contributed by atoms with Gasteiger partial charge in [-0.1, -0.05) is 42.8 Å². The summed E-state index contributed by atoms with van der Waals surface area (Å²) in [5.74, 6) is -0.0454. The van der Waals surface area contributed by atoms with Crippen molar-refractivity contribution in [2.24, 2.45) is 5.92 Å². The lowest BCUT2D eigenvalue weighted by molar-refractivity contribution is -0.126. The summed E-state index contributed by atoms with van der Waals surface area (Å²) in [7, 11) is -3.51. The number of nitrogens with zero attached hydrogens (tertiary/aromatic N) is 1. The molecule has 2 aromatic carbocycles. The zero-order valence-corrected chi connectivity index (χ0v) is 20.1. The molecule has 0 atom stereocenters. The highest BCUT2D eigenvalue weighted by Gasteiger charge is 2.39. The second-order valence-electron chi connectivity index (χ2n) is 10.0. The van der Waals surface area contributed by atoms with E-state index in [9.17, 15) is 13.2 Å². The van der Waals surface area contributed by atoms with Gasteiger partial charge in [-0.2, -0.15) is 4.31 Å². The Balaban J connectivity index is 1.18. The van der Waals surface area contributed by atoms with Gasteiger partial charge in [-0.05, 0) is 80.2 Å². The number of hydrogen-bond donors (Lipinski definition) is 1. The number of carbonyl (C=O) groups excluding carboxylic acids is 1. The molecule has 3 aliphatic rings. The Morgan fingerprint density at radius 3 is 2.30 bits per heavy atom. The van der Waals surface area contributed by atoms with Crippen LogP contribution < -0.4 is 5.32 Å². The highest BCUT2D eigenvalue weighted by Crippen LogP contribution is 2.43. The molecular weight excluding hydrogens is 432 g/mol. The van der Waals surface area contributed by atoms with Crippen LogP contribution in [0.15, 0.2) is 53.4 Å². The summed E-state index contributed by atoms with van der Waals surface area (Å²) in [5, 5.41) is 3.21. The summed E-state index contributed by atoms with van der Waals surface area (Å²) >= 11 is 0. The number of hydrogen-bond acceptors (Lipinski definition) is 3. The monoisotopic (exact) mass is 466 g/mol. The van der Waals surface area contributed by atoms with Gasteiger partial charge in [0, 0.05) is 31.0 Å². The smallest absolute Gasteiger partial charge is 0.243 e. The third-order valence-corrected chi connectivity index (χ3v) is 9.97. The highest BCUT2D eigenvalue weighted by atomic mass is 32.2. The summed E-state index contributed by atoms with van der Waals surface area (Å²) in [6.07, 6.45) is 8.88. The molecule has 6 heteroatoms. The first-order valence-corrected chi connectivity index (χ1v) is 13.9. The van der Waals surface area contributed by atoms with Crippen molar-refractivity contribution < 1.29 is 13.2 Å². The number of nitrogens with one attached hydrogen (secondary N) is 1. The molecule has 0 aromatic heterocycles. The Labute approximate surface area is 197 Å². The zero-order chi connectivity index (χ0) is 22.9. The molecule has 0 spiro atoms. The van der Waals surface area contributed by atoms with Crippen molar-refractivity contribution >= 4 is 15.9 Å². The standard InChI is InChI=1S/C27H34N2O3S/c30-26(28-20-27(15-6-16-27)24-9-2-1-3-10-24)22-13-17-29(18-14-22)33(31,32)25-12-11-21-7-4-5-8-23(21)19-25/h1-3,9-12,19,22H,4-8,13-18,20H2,(H,28,30). The Morgan fingerprint density at radius 2 is 1.64 bits per heavy atom. The van der Waals surface area contributed by atoms with Crippen LogP contribution in [-0.4, -0.2) is 38.3 Å². The van der Waals surface area contributed by atoms with Crippen LogP contribution in [0.25, 0.3) is 0 Å². The second-order valence-corrected chi connectivity index (χ2v) is 12.0. The van der Waals surface area contributed by atoms with Gasteiger partial charge in [0.2, 0.25) is 15.9 Å². The number of rotatable bonds is 6. The van der Waals surface area contributed by atoms with E-state index in [1.807, 2.05) is 18.2 Å².